The summed E-state index contributed by atoms with van der Waals surface area (Å²) in [6.45, 7) is 1.23. The fraction of sp³-hybridized carbons (Fsp3) is 0.476. The Labute approximate surface area is 202 Å². The Morgan fingerprint density at radius 2 is 1.56 bits per heavy atom. The molecule has 0 radical (unpaired) electrons. The minimum Gasteiger partial charge on any atom is -0.480 e. The highest BCUT2D eigenvalue weighted by Crippen LogP contribution is 2.06. The van der Waals surface area contributed by atoms with Gasteiger partial charge in [-0.05, 0) is 18.9 Å². The van der Waals surface area contributed by atoms with Gasteiger partial charge >= 0.3 is 5.97 Å². The number of primary amides is 1. The molecular formula is C21H31N5O7S. The molecule has 5 unspecified atom stereocenters. The van der Waals surface area contributed by atoms with Gasteiger partial charge in [0.15, 0.2) is 0 Å². The summed E-state index contributed by atoms with van der Waals surface area (Å²) in [5.74, 6) is -4.56. The third kappa shape index (κ3) is 9.77. The number of hydrogen-bond acceptors (Lipinski definition) is 8. The third-order valence-corrected chi connectivity index (χ3v) is 5.20. The van der Waals surface area contributed by atoms with E-state index in [-0.39, 0.29) is 25.0 Å². The van der Waals surface area contributed by atoms with Gasteiger partial charge < -0.3 is 37.6 Å². The van der Waals surface area contributed by atoms with Crippen LogP contribution < -0.4 is 27.4 Å². The van der Waals surface area contributed by atoms with E-state index >= 15 is 0 Å². The van der Waals surface area contributed by atoms with E-state index < -0.39 is 59.9 Å². The average Bonchev–Trinajstić information content (AvgIpc) is 2.78. The number of carbonyl (C=O) groups is 5. The number of nitrogens with two attached hydrogens (primary N) is 2. The second kappa shape index (κ2) is 14.2. The summed E-state index contributed by atoms with van der Waals surface area (Å²) in [6, 6.07) is 3.60. The Bertz CT molecular complexity index is 868. The van der Waals surface area contributed by atoms with Crippen LogP contribution in [0, 0.1) is 0 Å². The van der Waals surface area contributed by atoms with E-state index in [2.05, 4.69) is 28.6 Å². The van der Waals surface area contributed by atoms with Crippen LogP contribution in [0.5, 0.6) is 0 Å². The van der Waals surface area contributed by atoms with Gasteiger partial charge in [-0.15, -0.1) is 0 Å². The number of nitrogens with one attached hydrogen (secondary N) is 3. The average molecular weight is 498 g/mol. The van der Waals surface area contributed by atoms with Gasteiger partial charge in [-0.3, -0.25) is 19.2 Å². The number of aliphatic hydroxyl groups excluding tert-OH is 1. The monoisotopic (exact) mass is 497 g/mol. The molecular weight excluding hydrogens is 466 g/mol. The second-order valence-electron chi connectivity index (χ2n) is 7.67. The molecule has 0 aliphatic rings. The SMILES string of the molecule is CC(O)C(NC(=O)C(Cc1ccccc1)NC(=O)C(N)CS)C(=O)NC(CCC(N)=O)C(=O)O. The maximum absolute atomic E-state index is 13.0. The number of aliphatic carboxylic acids is 1. The smallest absolute Gasteiger partial charge is 0.326 e. The summed E-state index contributed by atoms with van der Waals surface area (Å²) in [7, 11) is 0. The number of aliphatic hydroxyl groups is 1. The zero-order valence-electron chi connectivity index (χ0n) is 18.6. The minimum absolute atomic E-state index is 0.0338. The van der Waals surface area contributed by atoms with E-state index in [1.54, 1.807) is 30.3 Å². The first-order chi connectivity index (χ1) is 16.0. The molecule has 13 heteroatoms. The van der Waals surface area contributed by atoms with E-state index in [1.807, 2.05) is 0 Å². The molecule has 0 bridgehead atoms. The van der Waals surface area contributed by atoms with E-state index in [1.165, 1.54) is 6.92 Å². The standard InChI is InChI=1S/C21H31N5O7S/c1-11(27)17(20(31)24-14(21(32)33)7-8-16(23)28)26-19(30)15(25-18(29)13(22)10-34)9-12-5-3-2-4-6-12/h2-6,11,13-15,17,27,34H,7-10,22H2,1H3,(H2,23,28)(H,24,31)(H,25,29)(H,26,30)(H,32,33). The maximum Gasteiger partial charge on any atom is 0.326 e. The minimum atomic E-state index is -1.54. The van der Waals surface area contributed by atoms with Crippen molar-refractivity contribution < 1.29 is 34.2 Å². The third-order valence-electron chi connectivity index (χ3n) is 4.81. The molecule has 12 nitrogen and oxygen atoms in total. The van der Waals surface area contributed by atoms with Crippen molar-refractivity contribution in [2.24, 2.45) is 11.5 Å². The van der Waals surface area contributed by atoms with Crippen molar-refractivity contribution >= 4 is 42.2 Å². The van der Waals surface area contributed by atoms with Crippen molar-refractivity contribution in [1.29, 1.82) is 0 Å². The lowest BCUT2D eigenvalue weighted by Crippen LogP contribution is -2.60. The van der Waals surface area contributed by atoms with Gasteiger partial charge in [-0.25, -0.2) is 4.79 Å². The molecule has 0 saturated carbocycles. The van der Waals surface area contributed by atoms with Crippen LogP contribution in [-0.4, -0.2) is 75.8 Å². The Morgan fingerprint density at radius 3 is 2.06 bits per heavy atom. The van der Waals surface area contributed by atoms with Crippen molar-refractivity contribution in [3.8, 4) is 0 Å². The molecule has 0 fully saturated rings. The summed E-state index contributed by atoms with van der Waals surface area (Å²) in [4.78, 5) is 60.3. The van der Waals surface area contributed by atoms with E-state index in [0.29, 0.717) is 5.56 Å². The number of rotatable bonds is 14. The van der Waals surface area contributed by atoms with Crippen LogP contribution in [0.3, 0.4) is 0 Å². The molecule has 1 rings (SSSR count). The lowest BCUT2D eigenvalue weighted by Gasteiger charge is -2.26. The fourth-order valence-electron chi connectivity index (χ4n) is 2.89. The van der Waals surface area contributed by atoms with Gasteiger partial charge in [0.25, 0.3) is 0 Å². The van der Waals surface area contributed by atoms with E-state index in [4.69, 9.17) is 11.5 Å². The summed E-state index contributed by atoms with van der Waals surface area (Å²) in [6.07, 6.45) is -1.92. The number of thiol groups is 1. The Morgan fingerprint density at radius 1 is 0.971 bits per heavy atom. The number of hydrogen-bond donors (Lipinski definition) is 8. The predicted molar refractivity (Wildman–Crippen MR) is 126 cm³/mol. The number of carboxylic acids is 1. The molecule has 1 aromatic carbocycles. The second-order valence-corrected chi connectivity index (χ2v) is 8.04. The number of amides is 4. The lowest BCUT2D eigenvalue weighted by molar-refractivity contribution is -0.143. The van der Waals surface area contributed by atoms with Crippen LogP contribution in [0.1, 0.15) is 25.3 Å². The number of carboxylic acid groups (broad SMARTS) is 1. The number of benzene rings is 1. The van der Waals surface area contributed by atoms with Crippen molar-refractivity contribution in [1.82, 2.24) is 16.0 Å². The lowest BCUT2D eigenvalue weighted by atomic mass is 10.0. The van der Waals surface area contributed by atoms with E-state index in [9.17, 15) is 34.2 Å². The predicted octanol–water partition coefficient (Wildman–Crippen LogP) is -2.33. The van der Waals surface area contributed by atoms with E-state index in [0.717, 1.165) is 0 Å². The van der Waals surface area contributed by atoms with Gasteiger partial charge in [0.05, 0.1) is 12.1 Å². The van der Waals surface area contributed by atoms with Crippen molar-refractivity contribution in [3.63, 3.8) is 0 Å². The highest BCUT2D eigenvalue weighted by atomic mass is 32.1. The van der Waals surface area contributed by atoms with Gasteiger partial charge in [-0.1, -0.05) is 30.3 Å². The molecule has 0 spiro atoms. The quantitative estimate of drug-likeness (QED) is 0.130. The van der Waals surface area contributed by atoms with Crippen molar-refractivity contribution in [3.05, 3.63) is 35.9 Å². The Balaban J connectivity index is 3.02. The molecule has 0 saturated heterocycles. The van der Waals surface area contributed by atoms with Gasteiger partial charge in [0, 0.05) is 18.6 Å². The first-order valence-electron chi connectivity index (χ1n) is 10.5. The summed E-state index contributed by atoms with van der Waals surface area (Å²) in [5, 5.41) is 26.4. The van der Waals surface area contributed by atoms with Crippen LogP contribution in [0.15, 0.2) is 30.3 Å². The van der Waals surface area contributed by atoms with Gasteiger partial charge in [0.2, 0.25) is 23.6 Å². The van der Waals surface area contributed by atoms with Crippen LogP contribution in [0.2, 0.25) is 0 Å². The summed E-state index contributed by atoms with van der Waals surface area (Å²) >= 11 is 3.97. The molecule has 5 atom stereocenters. The molecule has 34 heavy (non-hydrogen) atoms. The van der Waals surface area contributed by atoms with Crippen molar-refractivity contribution in [2.75, 3.05) is 5.75 Å². The molecule has 0 aliphatic heterocycles. The van der Waals surface area contributed by atoms with Gasteiger partial charge in [0.1, 0.15) is 18.1 Å². The maximum atomic E-state index is 13.0. The van der Waals surface area contributed by atoms with Crippen LogP contribution in [0.4, 0.5) is 0 Å². The number of carbonyl (C=O) groups excluding carboxylic acids is 4. The summed E-state index contributed by atoms with van der Waals surface area (Å²) in [5.41, 5.74) is 11.4. The zero-order valence-corrected chi connectivity index (χ0v) is 19.5. The molecule has 0 aromatic heterocycles. The molecule has 188 valence electrons. The molecule has 0 heterocycles. The Kier molecular flexibility index (Phi) is 12.0. The Hall–Kier alpha value is -3.16. The zero-order chi connectivity index (χ0) is 25.8. The van der Waals surface area contributed by atoms with Crippen LogP contribution >= 0.6 is 12.6 Å². The first kappa shape index (κ1) is 28.9. The molecule has 1 aromatic rings. The van der Waals surface area contributed by atoms with Crippen LogP contribution in [0.25, 0.3) is 0 Å². The molecule has 9 N–H and O–H groups in total. The normalized spacial score (nSPS) is 15.2. The fourth-order valence-corrected chi connectivity index (χ4v) is 3.05. The summed E-state index contributed by atoms with van der Waals surface area (Å²) < 4.78 is 0. The largest absolute Gasteiger partial charge is 0.480 e. The van der Waals surface area contributed by atoms with Crippen LogP contribution in [-0.2, 0) is 30.4 Å². The topological polar surface area (TPSA) is 214 Å². The highest BCUT2D eigenvalue weighted by Gasteiger charge is 2.32. The van der Waals surface area contributed by atoms with Crippen molar-refractivity contribution in [2.45, 2.75) is 56.5 Å². The molecule has 0 aliphatic carbocycles. The highest BCUT2D eigenvalue weighted by molar-refractivity contribution is 7.80. The molecule has 4 amide bonds. The first-order valence-corrected chi connectivity index (χ1v) is 11.1. The van der Waals surface area contributed by atoms with Gasteiger partial charge in [-0.2, -0.15) is 12.6 Å².